The van der Waals surface area contributed by atoms with Crippen molar-refractivity contribution in [1.29, 1.82) is 0 Å². The molecule has 1 N–H and O–H groups in total. The van der Waals surface area contributed by atoms with Crippen LogP contribution in [0.2, 0.25) is 0 Å². The summed E-state index contributed by atoms with van der Waals surface area (Å²) in [6.45, 7) is 1.68. The summed E-state index contributed by atoms with van der Waals surface area (Å²) in [5.41, 5.74) is 0.551. The summed E-state index contributed by atoms with van der Waals surface area (Å²) in [5, 5.41) is 8.82. The Bertz CT molecular complexity index is 410. The van der Waals surface area contributed by atoms with Crippen molar-refractivity contribution >= 4 is 11.8 Å². The Labute approximate surface area is 92.7 Å². The molecule has 2 amide bonds. The predicted octanol–water partition coefficient (Wildman–Crippen LogP) is 0.449. The lowest BCUT2D eigenvalue weighted by Crippen LogP contribution is -2.38. The zero-order valence-electron chi connectivity index (χ0n) is 8.88. The molecule has 1 unspecified atom stereocenters. The highest BCUT2D eigenvalue weighted by Gasteiger charge is 2.38. The number of hydrogen-bond acceptors (Lipinski definition) is 4. The van der Waals surface area contributed by atoms with Crippen LogP contribution in [0.25, 0.3) is 0 Å². The summed E-state index contributed by atoms with van der Waals surface area (Å²) in [5.74, 6) is -0.699. The molecule has 2 heterocycles. The Kier molecular flexibility index (Phi) is 2.70. The standard InChI is InChI=1S/C11H12N2O3/c1-7(4-6-14)13-10(15)8-3-2-5-12-9(8)11(13)16/h2-3,5,7,14H,4,6H2,1H3. The lowest BCUT2D eigenvalue weighted by molar-refractivity contribution is 0.0574. The molecule has 0 radical (unpaired) electrons. The van der Waals surface area contributed by atoms with Crippen LogP contribution < -0.4 is 0 Å². The molecule has 0 bridgehead atoms. The second-order valence-electron chi connectivity index (χ2n) is 3.74. The van der Waals surface area contributed by atoms with Gasteiger partial charge in [-0.05, 0) is 25.5 Å². The first-order valence-electron chi connectivity index (χ1n) is 5.10. The van der Waals surface area contributed by atoms with Gasteiger partial charge in [-0.1, -0.05) is 0 Å². The minimum atomic E-state index is -0.374. The number of pyridine rings is 1. The number of aliphatic hydroxyl groups is 1. The number of aromatic nitrogens is 1. The molecule has 0 aliphatic carbocycles. The molecule has 2 rings (SSSR count). The number of carbonyl (C=O) groups is 2. The van der Waals surface area contributed by atoms with E-state index in [9.17, 15) is 9.59 Å². The van der Waals surface area contributed by atoms with E-state index in [-0.39, 0.29) is 30.2 Å². The summed E-state index contributed by atoms with van der Waals surface area (Å²) >= 11 is 0. The Hall–Kier alpha value is -1.75. The number of rotatable bonds is 3. The third kappa shape index (κ3) is 1.49. The van der Waals surface area contributed by atoms with Crippen LogP contribution in [0.3, 0.4) is 0 Å². The van der Waals surface area contributed by atoms with E-state index in [1.165, 1.54) is 6.20 Å². The van der Waals surface area contributed by atoms with E-state index in [1.807, 2.05) is 0 Å². The van der Waals surface area contributed by atoms with Gasteiger partial charge in [0.25, 0.3) is 11.8 Å². The monoisotopic (exact) mass is 220 g/mol. The molecule has 0 fully saturated rings. The molecule has 1 atom stereocenters. The highest BCUT2D eigenvalue weighted by Crippen LogP contribution is 2.23. The number of aliphatic hydroxyl groups excluding tert-OH is 1. The SMILES string of the molecule is CC(CCO)N1C(=O)c2cccnc2C1=O. The van der Waals surface area contributed by atoms with Gasteiger partial charge in [0.15, 0.2) is 0 Å². The van der Waals surface area contributed by atoms with Gasteiger partial charge in [-0.15, -0.1) is 0 Å². The molecule has 1 aromatic heterocycles. The third-order valence-corrected chi connectivity index (χ3v) is 2.67. The average Bonchev–Trinajstić information content (AvgIpc) is 2.53. The molecule has 0 saturated heterocycles. The van der Waals surface area contributed by atoms with Crippen LogP contribution in [0.1, 0.15) is 34.2 Å². The minimum absolute atomic E-state index is 0.0536. The molecule has 0 saturated carbocycles. The van der Waals surface area contributed by atoms with E-state index in [2.05, 4.69) is 4.98 Å². The predicted molar refractivity (Wildman–Crippen MR) is 55.9 cm³/mol. The third-order valence-electron chi connectivity index (χ3n) is 2.67. The highest BCUT2D eigenvalue weighted by molar-refractivity contribution is 6.20. The first kappa shape index (κ1) is 10.8. The van der Waals surface area contributed by atoms with Crippen LogP contribution in [-0.4, -0.2) is 39.5 Å². The van der Waals surface area contributed by atoms with Crippen LogP contribution in [0.5, 0.6) is 0 Å². The number of carbonyl (C=O) groups excluding carboxylic acids is 2. The second-order valence-corrected chi connectivity index (χ2v) is 3.74. The van der Waals surface area contributed by atoms with E-state index < -0.39 is 0 Å². The molecule has 0 aromatic carbocycles. The van der Waals surface area contributed by atoms with E-state index in [0.29, 0.717) is 12.0 Å². The average molecular weight is 220 g/mol. The van der Waals surface area contributed by atoms with Gasteiger partial charge in [-0.3, -0.25) is 19.5 Å². The maximum atomic E-state index is 11.9. The van der Waals surface area contributed by atoms with Gasteiger partial charge in [0.05, 0.1) is 5.56 Å². The van der Waals surface area contributed by atoms with Crippen molar-refractivity contribution in [3.63, 3.8) is 0 Å². The molecule has 16 heavy (non-hydrogen) atoms. The fourth-order valence-corrected chi connectivity index (χ4v) is 1.80. The Balaban J connectivity index is 2.35. The van der Waals surface area contributed by atoms with Gasteiger partial charge in [-0.2, -0.15) is 0 Å². The maximum Gasteiger partial charge on any atom is 0.280 e. The smallest absolute Gasteiger partial charge is 0.280 e. The first-order chi connectivity index (χ1) is 7.66. The number of imide groups is 1. The van der Waals surface area contributed by atoms with Gasteiger partial charge < -0.3 is 5.11 Å². The first-order valence-corrected chi connectivity index (χ1v) is 5.10. The lowest BCUT2D eigenvalue weighted by atomic mass is 10.2. The van der Waals surface area contributed by atoms with Crippen molar-refractivity contribution in [3.8, 4) is 0 Å². The quantitative estimate of drug-likeness (QED) is 0.751. The zero-order chi connectivity index (χ0) is 11.7. The van der Waals surface area contributed by atoms with E-state index in [4.69, 9.17) is 5.11 Å². The number of nitrogens with zero attached hydrogens (tertiary/aromatic N) is 2. The van der Waals surface area contributed by atoms with Crippen molar-refractivity contribution in [2.24, 2.45) is 0 Å². The topological polar surface area (TPSA) is 70.5 Å². The molecular weight excluding hydrogens is 208 g/mol. The number of amides is 2. The molecule has 1 aromatic rings. The molecular formula is C11H12N2O3. The minimum Gasteiger partial charge on any atom is -0.396 e. The van der Waals surface area contributed by atoms with Gasteiger partial charge in [-0.25, -0.2) is 0 Å². The normalized spacial score (nSPS) is 16.5. The second kappa shape index (κ2) is 4.02. The van der Waals surface area contributed by atoms with E-state index >= 15 is 0 Å². The van der Waals surface area contributed by atoms with Crippen LogP contribution in [0.4, 0.5) is 0 Å². The number of hydrogen-bond donors (Lipinski definition) is 1. The van der Waals surface area contributed by atoms with Gasteiger partial charge in [0.2, 0.25) is 0 Å². The lowest BCUT2D eigenvalue weighted by Gasteiger charge is -2.21. The molecule has 1 aliphatic heterocycles. The number of fused-ring (bicyclic) bond motifs is 1. The van der Waals surface area contributed by atoms with Crippen molar-refractivity contribution in [1.82, 2.24) is 9.88 Å². The Morgan fingerprint density at radius 1 is 1.44 bits per heavy atom. The maximum absolute atomic E-state index is 11.9. The van der Waals surface area contributed by atoms with Crippen LogP contribution in [0, 0.1) is 0 Å². The molecule has 1 aliphatic rings. The largest absolute Gasteiger partial charge is 0.396 e. The fourth-order valence-electron chi connectivity index (χ4n) is 1.80. The van der Waals surface area contributed by atoms with Crippen LogP contribution >= 0.6 is 0 Å². The van der Waals surface area contributed by atoms with Crippen LogP contribution in [-0.2, 0) is 0 Å². The fraction of sp³-hybridized carbons (Fsp3) is 0.364. The van der Waals surface area contributed by atoms with Gasteiger partial charge in [0, 0.05) is 18.8 Å². The van der Waals surface area contributed by atoms with E-state index in [0.717, 1.165) is 4.90 Å². The van der Waals surface area contributed by atoms with Crippen molar-refractivity contribution in [2.75, 3.05) is 6.61 Å². The molecule has 5 nitrogen and oxygen atoms in total. The van der Waals surface area contributed by atoms with E-state index in [1.54, 1.807) is 19.1 Å². The molecule has 5 heteroatoms. The summed E-state index contributed by atoms with van der Waals surface area (Å²) in [4.78, 5) is 28.9. The van der Waals surface area contributed by atoms with Gasteiger partial charge >= 0.3 is 0 Å². The summed E-state index contributed by atoms with van der Waals surface area (Å²) in [6.07, 6.45) is 1.87. The molecule has 84 valence electrons. The highest BCUT2D eigenvalue weighted by atomic mass is 16.3. The molecule has 0 spiro atoms. The Morgan fingerprint density at radius 3 is 2.81 bits per heavy atom. The summed E-state index contributed by atoms with van der Waals surface area (Å²) in [6, 6.07) is 2.91. The van der Waals surface area contributed by atoms with Crippen LogP contribution in [0.15, 0.2) is 18.3 Å². The summed E-state index contributed by atoms with van der Waals surface area (Å²) < 4.78 is 0. The van der Waals surface area contributed by atoms with Crippen molar-refractivity contribution in [2.45, 2.75) is 19.4 Å². The Morgan fingerprint density at radius 2 is 2.19 bits per heavy atom. The van der Waals surface area contributed by atoms with Crippen molar-refractivity contribution in [3.05, 3.63) is 29.6 Å². The zero-order valence-corrected chi connectivity index (χ0v) is 8.88. The van der Waals surface area contributed by atoms with Crippen molar-refractivity contribution < 1.29 is 14.7 Å². The van der Waals surface area contributed by atoms with Gasteiger partial charge in [0.1, 0.15) is 5.69 Å². The summed E-state index contributed by atoms with van der Waals surface area (Å²) in [7, 11) is 0.